The Hall–Kier alpha value is -3.55. The third-order valence-electron chi connectivity index (χ3n) is 4.03. The molecule has 0 unspecified atom stereocenters. The summed E-state index contributed by atoms with van der Waals surface area (Å²) in [6.45, 7) is 3.59. The number of aryl methyl sites for hydroxylation is 2. The van der Waals surface area contributed by atoms with Crippen molar-refractivity contribution in [2.24, 2.45) is 0 Å². The molecular formula is C20H19FN4O3. The van der Waals surface area contributed by atoms with Gasteiger partial charge in [-0.05, 0) is 42.8 Å². The van der Waals surface area contributed by atoms with E-state index in [9.17, 15) is 14.0 Å². The fraction of sp³-hybridized carbons (Fsp3) is 0.200. The van der Waals surface area contributed by atoms with Gasteiger partial charge in [-0.15, -0.1) is 0 Å². The maximum Gasteiger partial charge on any atom is 0.251 e. The van der Waals surface area contributed by atoms with Gasteiger partial charge in [0.15, 0.2) is 0 Å². The van der Waals surface area contributed by atoms with Crippen LogP contribution in [-0.4, -0.2) is 28.5 Å². The van der Waals surface area contributed by atoms with Crippen LogP contribution in [0, 0.1) is 19.7 Å². The zero-order valence-corrected chi connectivity index (χ0v) is 15.5. The topological polar surface area (TPSA) is 97.1 Å². The van der Waals surface area contributed by atoms with Gasteiger partial charge in [0.1, 0.15) is 5.82 Å². The van der Waals surface area contributed by atoms with Crippen molar-refractivity contribution >= 4 is 17.5 Å². The normalized spacial score (nSPS) is 10.5. The molecular weight excluding hydrogens is 363 g/mol. The molecule has 2 aromatic carbocycles. The van der Waals surface area contributed by atoms with Gasteiger partial charge >= 0.3 is 0 Å². The Labute approximate surface area is 161 Å². The van der Waals surface area contributed by atoms with E-state index in [1.165, 1.54) is 18.2 Å². The van der Waals surface area contributed by atoms with Crippen molar-refractivity contribution in [1.82, 2.24) is 15.5 Å². The van der Waals surface area contributed by atoms with Crippen LogP contribution in [0.1, 0.15) is 28.2 Å². The van der Waals surface area contributed by atoms with Gasteiger partial charge in [-0.2, -0.15) is 4.98 Å². The van der Waals surface area contributed by atoms with Crippen LogP contribution in [0.25, 0.3) is 11.4 Å². The highest BCUT2D eigenvalue weighted by Crippen LogP contribution is 2.17. The molecule has 0 aliphatic heterocycles. The fourth-order valence-electron chi connectivity index (χ4n) is 2.56. The van der Waals surface area contributed by atoms with Gasteiger partial charge in [-0.1, -0.05) is 17.3 Å². The summed E-state index contributed by atoms with van der Waals surface area (Å²) in [5.41, 5.74) is 2.38. The van der Waals surface area contributed by atoms with Crippen LogP contribution in [0.5, 0.6) is 0 Å². The van der Waals surface area contributed by atoms with Gasteiger partial charge in [0, 0.05) is 36.7 Å². The van der Waals surface area contributed by atoms with Gasteiger partial charge in [-0.25, -0.2) is 4.39 Å². The summed E-state index contributed by atoms with van der Waals surface area (Å²) in [6.07, 6.45) is 0.1000. The molecule has 28 heavy (non-hydrogen) atoms. The van der Waals surface area contributed by atoms with E-state index in [4.69, 9.17) is 4.52 Å². The van der Waals surface area contributed by atoms with E-state index in [1.807, 2.05) is 0 Å². The number of hydrogen-bond donors (Lipinski definition) is 2. The number of carbonyl (C=O) groups is 2. The number of nitrogens with one attached hydrogen (secondary N) is 2. The molecule has 1 heterocycles. The zero-order chi connectivity index (χ0) is 20.1. The van der Waals surface area contributed by atoms with Crippen LogP contribution in [-0.2, 0) is 4.79 Å². The molecule has 0 atom stereocenters. The molecule has 144 valence electrons. The van der Waals surface area contributed by atoms with Crippen molar-refractivity contribution in [2.75, 3.05) is 11.9 Å². The highest BCUT2D eigenvalue weighted by Gasteiger charge is 2.10. The quantitative estimate of drug-likeness (QED) is 0.682. The van der Waals surface area contributed by atoms with Crippen molar-refractivity contribution in [2.45, 2.75) is 20.3 Å². The minimum Gasteiger partial charge on any atom is -0.352 e. The summed E-state index contributed by atoms with van der Waals surface area (Å²) < 4.78 is 18.0. The number of halogens is 1. The second kappa shape index (κ2) is 8.43. The van der Waals surface area contributed by atoms with E-state index >= 15 is 0 Å². The molecule has 0 spiro atoms. The summed E-state index contributed by atoms with van der Waals surface area (Å²) in [7, 11) is 0. The molecule has 0 fully saturated rings. The Morgan fingerprint density at radius 3 is 2.50 bits per heavy atom. The van der Waals surface area contributed by atoms with Crippen molar-refractivity contribution in [3.63, 3.8) is 0 Å². The summed E-state index contributed by atoms with van der Waals surface area (Å²) in [5, 5.41) is 9.21. The van der Waals surface area contributed by atoms with E-state index in [-0.39, 0.29) is 30.6 Å². The number of rotatable bonds is 6. The summed E-state index contributed by atoms with van der Waals surface area (Å²) >= 11 is 0. The van der Waals surface area contributed by atoms with Crippen molar-refractivity contribution in [1.29, 1.82) is 0 Å². The van der Waals surface area contributed by atoms with E-state index in [0.29, 0.717) is 28.5 Å². The van der Waals surface area contributed by atoms with Crippen LogP contribution < -0.4 is 10.6 Å². The number of amides is 2. The van der Waals surface area contributed by atoms with Gasteiger partial charge in [0.25, 0.3) is 5.91 Å². The van der Waals surface area contributed by atoms with Crippen molar-refractivity contribution in [3.05, 3.63) is 65.3 Å². The first-order valence-corrected chi connectivity index (χ1v) is 8.67. The van der Waals surface area contributed by atoms with Crippen molar-refractivity contribution in [3.8, 4) is 11.4 Å². The maximum absolute atomic E-state index is 13.1. The number of anilines is 1. The minimum absolute atomic E-state index is 0.1000. The van der Waals surface area contributed by atoms with Crippen LogP contribution in [0.4, 0.5) is 10.1 Å². The Morgan fingerprint density at radius 1 is 1.11 bits per heavy atom. The fourth-order valence-corrected chi connectivity index (χ4v) is 2.56. The van der Waals surface area contributed by atoms with Crippen LogP contribution >= 0.6 is 0 Å². The minimum atomic E-state index is -0.358. The first kappa shape index (κ1) is 19.2. The Morgan fingerprint density at radius 2 is 1.86 bits per heavy atom. The molecule has 0 bridgehead atoms. The third-order valence-corrected chi connectivity index (χ3v) is 4.03. The molecule has 2 amide bonds. The smallest absolute Gasteiger partial charge is 0.251 e. The Bertz CT molecular complexity index is 999. The van der Waals surface area contributed by atoms with Crippen LogP contribution in [0.3, 0.4) is 0 Å². The molecule has 3 rings (SSSR count). The monoisotopic (exact) mass is 382 g/mol. The number of benzene rings is 2. The largest absolute Gasteiger partial charge is 0.352 e. The standard InChI is InChI=1S/C20H19FN4O3/c1-12-11-16(21)7-8-17(12)24-18(26)9-10-22-20(27)15-5-3-14(4-6-15)19-23-13(2)28-25-19/h3-8,11H,9-10H2,1-2H3,(H,22,27)(H,24,26). The molecule has 0 aliphatic rings. The lowest BCUT2D eigenvalue weighted by molar-refractivity contribution is -0.116. The summed E-state index contributed by atoms with van der Waals surface area (Å²) in [5.74, 6) is 0.00540. The molecule has 3 aromatic rings. The van der Waals surface area contributed by atoms with E-state index in [0.717, 1.165) is 5.56 Å². The first-order valence-electron chi connectivity index (χ1n) is 8.67. The molecule has 2 N–H and O–H groups in total. The average Bonchev–Trinajstić information content (AvgIpc) is 3.10. The van der Waals surface area contributed by atoms with Gasteiger partial charge < -0.3 is 15.2 Å². The summed E-state index contributed by atoms with van der Waals surface area (Å²) in [4.78, 5) is 28.3. The SMILES string of the molecule is Cc1nc(-c2ccc(C(=O)NCCC(=O)Nc3ccc(F)cc3C)cc2)no1. The Kier molecular flexibility index (Phi) is 5.78. The molecule has 8 heteroatoms. The zero-order valence-electron chi connectivity index (χ0n) is 15.5. The van der Waals surface area contributed by atoms with Gasteiger partial charge in [0.05, 0.1) is 0 Å². The first-order chi connectivity index (χ1) is 13.4. The molecule has 0 saturated heterocycles. The Balaban J connectivity index is 1.49. The predicted octanol–water partition coefficient (Wildman–Crippen LogP) is 3.25. The maximum atomic E-state index is 13.1. The predicted molar refractivity (Wildman–Crippen MR) is 101 cm³/mol. The number of carbonyl (C=O) groups excluding carboxylic acids is 2. The molecule has 0 saturated carbocycles. The number of hydrogen-bond acceptors (Lipinski definition) is 5. The van der Waals surface area contributed by atoms with E-state index in [2.05, 4.69) is 20.8 Å². The number of nitrogens with zero attached hydrogens (tertiary/aromatic N) is 2. The highest BCUT2D eigenvalue weighted by molar-refractivity contribution is 5.95. The highest BCUT2D eigenvalue weighted by atomic mass is 19.1. The molecule has 0 aliphatic carbocycles. The third kappa shape index (κ3) is 4.79. The van der Waals surface area contributed by atoms with Gasteiger partial charge in [0.2, 0.25) is 17.6 Å². The lowest BCUT2D eigenvalue weighted by Gasteiger charge is -2.09. The molecule has 1 aromatic heterocycles. The second-order valence-electron chi connectivity index (χ2n) is 6.23. The second-order valence-corrected chi connectivity index (χ2v) is 6.23. The lowest BCUT2D eigenvalue weighted by Crippen LogP contribution is -2.27. The molecule has 7 nitrogen and oxygen atoms in total. The lowest BCUT2D eigenvalue weighted by atomic mass is 10.1. The van der Waals surface area contributed by atoms with Crippen LogP contribution in [0.15, 0.2) is 47.0 Å². The van der Waals surface area contributed by atoms with Crippen molar-refractivity contribution < 1.29 is 18.5 Å². The average molecular weight is 382 g/mol. The summed E-state index contributed by atoms with van der Waals surface area (Å²) in [6, 6.07) is 10.9. The van der Waals surface area contributed by atoms with E-state index in [1.54, 1.807) is 38.1 Å². The van der Waals surface area contributed by atoms with Crippen LogP contribution in [0.2, 0.25) is 0 Å². The van der Waals surface area contributed by atoms with Gasteiger partial charge in [-0.3, -0.25) is 9.59 Å². The molecule has 0 radical (unpaired) electrons. The number of aromatic nitrogens is 2. The van der Waals surface area contributed by atoms with E-state index < -0.39 is 0 Å².